The van der Waals surface area contributed by atoms with E-state index in [2.05, 4.69) is 11.7 Å². The fourth-order valence-electron chi connectivity index (χ4n) is 4.45. The fraction of sp³-hybridized carbons (Fsp3) is 0.267. The van der Waals surface area contributed by atoms with Gasteiger partial charge in [-0.25, -0.2) is 13.2 Å². The first-order chi connectivity index (χ1) is 17.6. The van der Waals surface area contributed by atoms with Gasteiger partial charge in [-0.1, -0.05) is 56.2 Å². The smallest absolute Gasteiger partial charge is 0.406 e. The van der Waals surface area contributed by atoms with E-state index in [-0.39, 0.29) is 11.3 Å². The summed E-state index contributed by atoms with van der Waals surface area (Å²) in [5, 5.41) is 0.838. The minimum atomic E-state index is -4.76. The summed E-state index contributed by atoms with van der Waals surface area (Å²) in [6.45, 7) is 2.06. The van der Waals surface area contributed by atoms with E-state index < -0.39 is 23.8 Å². The Kier molecular flexibility index (Phi) is 8.10. The third-order valence-corrected chi connectivity index (χ3v) is 6.33. The molecule has 0 unspecified atom stereocenters. The molecule has 0 radical (unpaired) electrons. The van der Waals surface area contributed by atoms with E-state index in [0.717, 1.165) is 24.8 Å². The lowest BCUT2D eigenvalue weighted by Gasteiger charge is -2.12. The molecule has 0 amide bonds. The van der Waals surface area contributed by atoms with Crippen molar-refractivity contribution in [2.45, 2.75) is 51.8 Å². The molecule has 1 nitrogen and oxygen atoms in total. The number of hydrogen-bond donors (Lipinski definition) is 0. The molecule has 4 aromatic rings. The lowest BCUT2D eigenvalue weighted by molar-refractivity contribution is -0.274. The zero-order valence-corrected chi connectivity index (χ0v) is 20.3. The van der Waals surface area contributed by atoms with Crippen LogP contribution in [0.5, 0.6) is 5.75 Å². The minimum absolute atomic E-state index is 0.136. The average Bonchev–Trinajstić information content (AvgIpc) is 2.83. The second kappa shape index (κ2) is 11.3. The molecule has 0 atom stereocenters. The highest BCUT2D eigenvalue weighted by atomic mass is 19.4. The van der Waals surface area contributed by atoms with Crippen molar-refractivity contribution in [1.29, 1.82) is 0 Å². The Morgan fingerprint density at radius 2 is 1.41 bits per heavy atom. The quantitative estimate of drug-likeness (QED) is 0.159. The highest BCUT2D eigenvalue weighted by Gasteiger charge is 2.30. The van der Waals surface area contributed by atoms with Gasteiger partial charge >= 0.3 is 6.36 Å². The van der Waals surface area contributed by atoms with Crippen LogP contribution in [0.3, 0.4) is 0 Å². The summed E-state index contributed by atoms with van der Waals surface area (Å²) in [5.41, 5.74) is 1.98. The summed E-state index contributed by atoms with van der Waals surface area (Å²) >= 11 is 0. The number of rotatable bonds is 9. The number of halogens is 6. The van der Waals surface area contributed by atoms with Gasteiger partial charge in [-0.3, -0.25) is 0 Å². The van der Waals surface area contributed by atoms with Crippen LogP contribution in [0.25, 0.3) is 21.9 Å². The van der Waals surface area contributed by atoms with Crippen LogP contribution in [-0.2, 0) is 19.3 Å². The Balaban J connectivity index is 1.51. The van der Waals surface area contributed by atoms with Gasteiger partial charge in [0.15, 0.2) is 0 Å². The third-order valence-electron chi connectivity index (χ3n) is 6.33. The van der Waals surface area contributed by atoms with Crippen LogP contribution in [0.2, 0.25) is 0 Å². The molecule has 7 heteroatoms. The highest BCUT2D eigenvalue weighted by Crippen LogP contribution is 2.32. The number of aryl methyl sites for hydroxylation is 3. The molecule has 0 heterocycles. The van der Waals surface area contributed by atoms with Gasteiger partial charge in [0, 0.05) is 5.39 Å². The Morgan fingerprint density at radius 3 is 2.05 bits per heavy atom. The standard InChI is InChI=1S/C30H26F6O/c1-2-3-4-5-20-16-26(31)28(27(32)17-20)23-12-15-25-22(18-23)11-10-21(29(25)33)9-6-19-7-13-24(14-8-19)37-30(34,35)36/h7-8,10-18H,2-6,9H2,1H3. The van der Waals surface area contributed by atoms with Gasteiger partial charge < -0.3 is 4.74 Å². The largest absolute Gasteiger partial charge is 0.573 e. The lowest BCUT2D eigenvalue weighted by atomic mass is 9.95. The van der Waals surface area contributed by atoms with Crippen molar-refractivity contribution in [3.05, 3.63) is 101 Å². The van der Waals surface area contributed by atoms with Crippen molar-refractivity contribution in [3.63, 3.8) is 0 Å². The van der Waals surface area contributed by atoms with Crippen molar-refractivity contribution in [2.24, 2.45) is 0 Å². The first kappa shape index (κ1) is 26.6. The SMILES string of the molecule is CCCCCc1cc(F)c(-c2ccc3c(F)c(CCc4ccc(OC(F)(F)F)cc4)ccc3c2)c(F)c1. The molecule has 37 heavy (non-hydrogen) atoms. The van der Waals surface area contributed by atoms with Gasteiger partial charge in [-0.2, -0.15) is 0 Å². The van der Waals surface area contributed by atoms with Crippen LogP contribution in [0, 0.1) is 17.5 Å². The van der Waals surface area contributed by atoms with E-state index in [0.29, 0.717) is 46.7 Å². The van der Waals surface area contributed by atoms with E-state index in [4.69, 9.17) is 0 Å². The maximum Gasteiger partial charge on any atom is 0.573 e. The van der Waals surface area contributed by atoms with Crippen LogP contribution in [-0.4, -0.2) is 6.36 Å². The van der Waals surface area contributed by atoms with E-state index in [1.807, 2.05) is 0 Å². The zero-order chi connectivity index (χ0) is 26.6. The van der Waals surface area contributed by atoms with E-state index in [1.54, 1.807) is 18.2 Å². The maximum absolute atomic E-state index is 15.2. The number of fused-ring (bicyclic) bond motifs is 1. The molecule has 0 aliphatic rings. The third kappa shape index (κ3) is 6.64. The van der Waals surface area contributed by atoms with Crippen LogP contribution in [0.1, 0.15) is 42.9 Å². The molecule has 0 aliphatic carbocycles. The van der Waals surface area contributed by atoms with Gasteiger partial charge in [0.25, 0.3) is 0 Å². The number of alkyl halides is 3. The molecular formula is C30H26F6O. The zero-order valence-electron chi connectivity index (χ0n) is 20.3. The predicted octanol–water partition coefficient (Wildman–Crippen LogP) is 9.34. The number of hydrogen-bond acceptors (Lipinski definition) is 1. The second-order valence-electron chi connectivity index (χ2n) is 9.06. The summed E-state index contributed by atoms with van der Waals surface area (Å²) in [4.78, 5) is 0. The van der Waals surface area contributed by atoms with Crippen molar-refractivity contribution in [3.8, 4) is 16.9 Å². The summed E-state index contributed by atoms with van der Waals surface area (Å²) in [6.07, 6.45) is -0.535. The van der Waals surface area contributed by atoms with Gasteiger partial charge in [-0.15, -0.1) is 13.2 Å². The molecule has 0 spiro atoms. The van der Waals surface area contributed by atoms with Gasteiger partial charge in [0.1, 0.15) is 23.2 Å². The first-order valence-electron chi connectivity index (χ1n) is 12.2. The van der Waals surface area contributed by atoms with E-state index >= 15 is 4.39 Å². The topological polar surface area (TPSA) is 9.23 Å². The molecule has 0 aromatic heterocycles. The molecule has 4 aromatic carbocycles. The predicted molar refractivity (Wildman–Crippen MR) is 133 cm³/mol. The maximum atomic E-state index is 15.2. The number of benzene rings is 4. The Bertz CT molecular complexity index is 1350. The average molecular weight is 517 g/mol. The second-order valence-corrected chi connectivity index (χ2v) is 9.06. The summed E-state index contributed by atoms with van der Waals surface area (Å²) in [5.74, 6) is -2.04. The molecule has 4 rings (SSSR count). The van der Waals surface area contributed by atoms with Crippen LogP contribution in [0.15, 0.2) is 66.7 Å². The van der Waals surface area contributed by atoms with Crippen LogP contribution in [0.4, 0.5) is 26.3 Å². The lowest BCUT2D eigenvalue weighted by Crippen LogP contribution is -2.17. The monoisotopic (exact) mass is 516 g/mol. The Hall–Kier alpha value is -3.48. The molecule has 0 aliphatic heterocycles. The van der Waals surface area contributed by atoms with Crippen molar-refractivity contribution < 1.29 is 31.1 Å². The van der Waals surface area contributed by atoms with E-state index in [1.165, 1.54) is 48.5 Å². The molecule has 194 valence electrons. The van der Waals surface area contributed by atoms with E-state index in [9.17, 15) is 22.0 Å². The molecule has 0 fully saturated rings. The van der Waals surface area contributed by atoms with Crippen LogP contribution >= 0.6 is 0 Å². The summed E-state index contributed by atoms with van der Waals surface area (Å²) in [6, 6.07) is 16.1. The summed E-state index contributed by atoms with van der Waals surface area (Å²) in [7, 11) is 0. The number of unbranched alkanes of at least 4 members (excludes halogenated alkanes) is 2. The molecule has 0 saturated carbocycles. The highest BCUT2D eigenvalue weighted by molar-refractivity contribution is 5.88. The molecule has 0 N–H and O–H groups in total. The van der Waals surface area contributed by atoms with Crippen molar-refractivity contribution in [1.82, 2.24) is 0 Å². The normalized spacial score (nSPS) is 11.8. The van der Waals surface area contributed by atoms with Gasteiger partial charge in [-0.05, 0) is 83.7 Å². The van der Waals surface area contributed by atoms with Crippen molar-refractivity contribution in [2.75, 3.05) is 0 Å². The van der Waals surface area contributed by atoms with Crippen LogP contribution < -0.4 is 4.74 Å². The summed E-state index contributed by atoms with van der Waals surface area (Å²) < 4.78 is 85.7. The number of ether oxygens (including phenoxy) is 1. The fourth-order valence-corrected chi connectivity index (χ4v) is 4.45. The Morgan fingerprint density at radius 1 is 0.703 bits per heavy atom. The first-order valence-corrected chi connectivity index (χ1v) is 12.2. The molecule has 0 bridgehead atoms. The minimum Gasteiger partial charge on any atom is -0.406 e. The molecule has 0 saturated heterocycles. The molecular weight excluding hydrogens is 490 g/mol. The van der Waals surface area contributed by atoms with Crippen molar-refractivity contribution >= 4 is 10.8 Å². The Labute approximate surface area is 211 Å². The van der Waals surface area contributed by atoms with Gasteiger partial charge in [0.05, 0.1) is 5.56 Å². The van der Waals surface area contributed by atoms with Gasteiger partial charge in [0.2, 0.25) is 0 Å².